The highest BCUT2D eigenvalue weighted by Crippen LogP contribution is 2.37. The quantitative estimate of drug-likeness (QED) is 0.300. The van der Waals surface area contributed by atoms with Gasteiger partial charge in [-0.1, -0.05) is 65.7 Å². The lowest BCUT2D eigenvalue weighted by molar-refractivity contribution is 0.0491. The summed E-state index contributed by atoms with van der Waals surface area (Å²) in [7, 11) is -3.49. The Morgan fingerprint density at radius 2 is 1.70 bits per heavy atom. The first-order valence-electron chi connectivity index (χ1n) is 14.9. The minimum atomic E-state index is -3.49. The van der Waals surface area contributed by atoms with Gasteiger partial charge in [0.05, 0.1) is 26.8 Å². The van der Waals surface area contributed by atoms with E-state index < -0.39 is 15.9 Å². The van der Waals surface area contributed by atoms with Crippen molar-refractivity contribution in [3.05, 3.63) is 100 Å². The van der Waals surface area contributed by atoms with Crippen LogP contribution in [0.3, 0.4) is 0 Å². The maximum atomic E-state index is 13.4. The van der Waals surface area contributed by atoms with Crippen LogP contribution in [0.4, 0.5) is 0 Å². The van der Waals surface area contributed by atoms with Crippen LogP contribution in [0.2, 0.25) is 10.0 Å². The van der Waals surface area contributed by atoms with Crippen LogP contribution < -0.4 is 5.32 Å². The minimum absolute atomic E-state index is 0.0130. The Morgan fingerprint density at radius 3 is 2.42 bits per heavy atom. The molecule has 3 aromatic rings. The molecule has 3 aromatic carbocycles. The zero-order chi connectivity index (χ0) is 30.5. The molecule has 5 rings (SSSR count). The number of amides is 1. The van der Waals surface area contributed by atoms with E-state index >= 15 is 0 Å². The number of carbonyl (C=O) groups excluding carboxylic acids is 1. The molecule has 230 valence electrons. The van der Waals surface area contributed by atoms with E-state index in [-0.39, 0.29) is 23.1 Å². The second kappa shape index (κ2) is 14.1. The van der Waals surface area contributed by atoms with Crippen LogP contribution in [0.5, 0.6) is 0 Å². The van der Waals surface area contributed by atoms with Gasteiger partial charge >= 0.3 is 0 Å². The summed E-state index contributed by atoms with van der Waals surface area (Å²) in [5.41, 5.74) is 1.34. The van der Waals surface area contributed by atoms with Crippen molar-refractivity contribution in [3.8, 4) is 0 Å². The second-order valence-corrected chi connectivity index (χ2v) is 14.6. The number of likely N-dealkylation sites (tertiary alicyclic amines) is 2. The molecule has 2 heterocycles. The molecule has 0 aromatic heterocycles. The summed E-state index contributed by atoms with van der Waals surface area (Å²) in [6.45, 7) is 3.76. The van der Waals surface area contributed by atoms with Gasteiger partial charge in [0.15, 0.2) is 9.84 Å². The number of nitrogens with zero attached hydrogens (tertiary/aromatic N) is 2. The van der Waals surface area contributed by atoms with Crippen molar-refractivity contribution >= 4 is 38.9 Å². The number of benzene rings is 3. The average Bonchev–Trinajstić information content (AvgIpc) is 3.02. The molecular weight excluding hydrogens is 605 g/mol. The van der Waals surface area contributed by atoms with Crippen LogP contribution in [-0.4, -0.2) is 86.4 Å². The summed E-state index contributed by atoms with van der Waals surface area (Å²) in [5, 5.41) is 15.0. The molecule has 3 unspecified atom stereocenters. The number of aliphatic hydroxyl groups excluding tert-OH is 1. The van der Waals surface area contributed by atoms with Gasteiger partial charge in [-0.25, -0.2) is 8.42 Å². The largest absolute Gasteiger partial charge is 0.393 e. The molecule has 7 nitrogen and oxygen atoms in total. The van der Waals surface area contributed by atoms with Crippen LogP contribution in [0, 0.1) is 0 Å². The highest BCUT2D eigenvalue weighted by Gasteiger charge is 2.39. The van der Waals surface area contributed by atoms with Crippen LogP contribution in [0.1, 0.15) is 41.6 Å². The molecule has 2 aliphatic heterocycles. The van der Waals surface area contributed by atoms with E-state index in [2.05, 4.69) is 10.2 Å². The standard InChI is InChI=1S/C33H39Cl2N3O4S/c34-30-13-12-26(20-31(30)35)33(15-7-17-38(24-33)32(40)25-8-3-1-4-9-25)23-36-16-19-37-18-14-28(39)21-27(37)22-43(41,42)29-10-5-2-6-11-29/h1-6,8-13,20,27-28,36,39H,7,14-19,21-24H2. The number of nitrogens with one attached hydrogen (secondary N) is 1. The monoisotopic (exact) mass is 643 g/mol. The van der Waals surface area contributed by atoms with E-state index in [1.807, 2.05) is 53.4 Å². The highest BCUT2D eigenvalue weighted by molar-refractivity contribution is 7.91. The Balaban J connectivity index is 1.28. The lowest BCUT2D eigenvalue weighted by atomic mass is 9.73. The maximum absolute atomic E-state index is 13.4. The van der Waals surface area contributed by atoms with Gasteiger partial charge in [-0.15, -0.1) is 0 Å². The van der Waals surface area contributed by atoms with E-state index in [0.29, 0.717) is 72.6 Å². The topological polar surface area (TPSA) is 89.9 Å². The highest BCUT2D eigenvalue weighted by atomic mass is 35.5. The molecule has 0 saturated carbocycles. The van der Waals surface area contributed by atoms with Gasteiger partial charge < -0.3 is 15.3 Å². The van der Waals surface area contributed by atoms with Gasteiger partial charge in [0, 0.05) is 56.3 Å². The van der Waals surface area contributed by atoms with Crippen LogP contribution in [0.15, 0.2) is 83.8 Å². The van der Waals surface area contributed by atoms with Crippen molar-refractivity contribution in [1.29, 1.82) is 0 Å². The normalized spacial score (nSPS) is 23.3. The van der Waals surface area contributed by atoms with E-state index in [9.17, 15) is 18.3 Å². The molecule has 2 aliphatic rings. The summed E-state index contributed by atoms with van der Waals surface area (Å²) in [6, 6.07) is 23.3. The van der Waals surface area contributed by atoms with Crippen molar-refractivity contribution in [2.75, 3.05) is 45.0 Å². The van der Waals surface area contributed by atoms with Crippen molar-refractivity contribution in [2.24, 2.45) is 0 Å². The Kier molecular flexibility index (Phi) is 10.5. The third kappa shape index (κ3) is 7.80. The van der Waals surface area contributed by atoms with E-state index in [0.717, 1.165) is 18.4 Å². The van der Waals surface area contributed by atoms with Gasteiger partial charge in [-0.3, -0.25) is 9.69 Å². The number of sulfone groups is 1. The smallest absolute Gasteiger partial charge is 0.253 e. The van der Waals surface area contributed by atoms with Gasteiger partial charge in [0.2, 0.25) is 0 Å². The van der Waals surface area contributed by atoms with E-state index in [4.69, 9.17) is 23.2 Å². The fraction of sp³-hybridized carbons (Fsp3) is 0.424. The molecular formula is C33H39Cl2N3O4S. The van der Waals surface area contributed by atoms with Crippen molar-refractivity contribution in [2.45, 2.75) is 48.1 Å². The lowest BCUT2D eigenvalue weighted by Gasteiger charge is -2.44. The van der Waals surface area contributed by atoms with Crippen LogP contribution in [-0.2, 0) is 15.3 Å². The fourth-order valence-corrected chi connectivity index (χ4v) is 8.37. The predicted octanol–water partition coefficient (Wildman–Crippen LogP) is 5.06. The first-order valence-corrected chi connectivity index (χ1v) is 17.3. The van der Waals surface area contributed by atoms with E-state index in [1.54, 1.807) is 30.3 Å². The minimum Gasteiger partial charge on any atom is -0.393 e. The van der Waals surface area contributed by atoms with Crippen molar-refractivity contribution in [1.82, 2.24) is 15.1 Å². The molecule has 2 fully saturated rings. The average molecular weight is 645 g/mol. The Bertz CT molecular complexity index is 1490. The number of halogens is 2. The molecule has 43 heavy (non-hydrogen) atoms. The number of rotatable bonds is 10. The third-order valence-corrected chi connectivity index (χ3v) is 11.3. The molecule has 2 N–H and O–H groups in total. The summed E-state index contributed by atoms with van der Waals surface area (Å²) in [5.74, 6) is -0.0169. The maximum Gasteiger partial charge on any atom is 0.253 e. The molecule has 2 saturated heterocycles. The van der Waals surface area contributed by atoms with Gasteiger partial charge in [-0.2, -0.15) is 0 Å². The molecule has 0 radical (unpaired) electrons. The van der Waals surface area contributed by atoms with Crippen LogP contribution >= 0.6 is 23.2 Å². The number of hydrogen-bond acceptors (Lipinski definition) is 6. The fourth-order valence-electron chi connectivity index (χ4n) is 6.45. The van der Waals surface area contributed by atoms with Crippen LogP contribution in [0.25, 0.3) is 0 Å². The summed E-state index contributed by atoms with van der Waals surface area (Å²) in [6.07, 6.45) is 2.27. The molecule has 3 atom stereocenters. The summed E-state index contributed by atoms with van der Waals surface area (Å²) < 4.78 is 26.3. The summed E-state index contributed by atoms with van der Waals surface area (Å²) in [4.78, 5) is 17.9. The molecule has 0 spiro atoms. The van der Waals surface area contributed by atoms with E-state index in [1.165, 1.54) is 0 Å². The summed E-state index contributed by atoms with van der Waals surface area (Å²) >= 11 is 12.7. The molecule has 10 heteroatoms. The second-order valence-electron chi connectivity index (χ2n) is 11.7. The zero-order valence-corrected chi connectivity index (χ0v) is 26.5. The van der Waals surface area contributed by atoms with Crippen molar-refractivity contribution in [3.63, 3.8) is 0 Å². The van der Waals surface area contributed by atoms with Gasteiger partial charge in [0.1, 0.15) is 0 Å². The first-order chi connectivity index (χ1) is 20.7. The third-order valence-electron chi connectivity index (χ3n) is 8.78. The first kappa shape index (κ1) is 31.9. The van der Waals surface area contributed by atoms with Crippen molar-refractivity contribution < 1.29 is 18.3 Å². The number of carbonyl (C=O) groups is 1. The number of aliphatic hydroxyl groups is 1. The Labute approximate surface area is 264 Å². The molecule has 0 aliphatic carbocycles. The number of piperidine rings is 2. The van der Waals surface area contributed by atoms with Gasteiger partial charge in [0.25, 0.3) is 5.91 Å². The molecule has 1 amide bonds. The Morgan fingerprint density at radius 1 is 0.977 bits per heavy atom. The van der Waals surface area contributed by atoms with Gasteiger partial charge in [-0.05, 0) is 67.6 Å². The zero-order valence-electron chi connectivity index (χ0n) is 24.2. The predicted molar refractivity (Wildman–Crippen MR) is 172 cm³/mol. The molecule has 0 bridgehead atoms. The number of hydrogen-bond donors (Lipinski definition) is 2. The SMILES string of the molecule is O=C(c1ccccc1)N1CCCC(CNCCN2CCC(O)CC2CS(=O)(=O)c2ccccc2)(c2ccc(Cl)c(Cl)c2)C1. The lowest BCUT2D eigenvalue weighted by Crippen LogP contribution is -2.54. The Hall–Kier alpha value is -2.46.